The molecule has 1 heterocycles. The Bertz CT molecular complexity index is 567. The van der Waals surface area contributed by atoms with E-state index in [-0.39, 0.29) is 5.97 Å². The third-order valence-corrected chi connectivity index (χ3v) is 2.53. The summed E-state index contributed by atoms with van der Waals surface area (Å²) in [5, 5.41) is 7.46. The first-order valence-electron chi connectivity index (χ1n) is 5.92. The largest absolute Gasteiger partial charge is 0.458 e. The Kier molecular flexibility index (Phi) is 4.07. The fraction of sp³-hybridized carbons (Fsp3) is 0.214. The Balaban J connectivity index is 2.02. The maximum absolute atomic E-state index is 11.7. The fourth-order valence-corrected chi connectivity index (χ4v) is 1.47. The summed E-state index contributed by atoms with van der Waals surface area (Å²) in [6.07, 6.45) is 5.06. The number of aromatic nitrogens is 3. The van der Waals surface area contributed by atoms with Crippen LogP contribution in [0.5, 0.6) is 0 Å². The molecule has 0 aliphatic carbocycles. The summed E-state index contributed by atoms with van der Waals surface area (Å²) in [7, 11) is 0. The summed E-state index contributed by atoms with van der Waals surface area (Å²) in [5.41, 5.74) is 2.54. The molecule has 0 radical (unpaired) electrons. The minimum Gasteiger partial charge on any atom is -0.458 e. The summed E-state index contributed by atoms with van der Waals surface area (Å²) in [4.78, 5) is 11.7. The van der Waals surface area contributed by atoms with Crippen molar-refractivity contribution in [3.8, 4) is 5.69 Å². The molecule has 0 unspecified atom stereocenters. The maximum Gasteiger partial charge on any atom is 0.338 e. The Morgan fingerprint density at radius 2 is 1.84 bits per heavy atom. The van der Waals surface area contributed by atoms with E-state index >= 15 is 0 Å². The van der Waals surface area contributed by atoms with E-state index in [0.717, 1.165) is 11.3 Å². The molecule has 0 N–H and O–H groups in total. The molecule has 0 saturated carbocycles. The van der Waals surface area contributed by atoms with Crippen LogP contribution in [0.25, 0.3) is 5.69 Å². The fourth-order valence-electron chi connectivity index (χ4n) is 1.47. The smallest absolute Gasteiger partial charge is 0.338 e. The molecule has 5 heteroatoms. The van der Waals surface area contributed by atoms with Crippen LogP contribution in [0.3, 0.4) is 0 Å². The van der Waals surface area contributed by atoms with Crippen molar-refractivity contribution < 1.29 is 9.53 Å². The molecule has 1 aromatic heterocycles. The van der Waals surface area contributed by atoms with Gasteiger partial charge < -0.3 is 4.74 Å². The molecule has 0 bridgehead atoms. The van der Waals surface area contributed by atoms with Gasteiger partial charge in [0.1, 0.15) is 19.3 Å². The zero-order valence-electron chi connectivity index (χ0n) is 10.9. The highest BCUT2D eigenvalue weighted by molar-refractivity contribution is 5.89. The zero-order valence-corrected chi connectivity index (χ0v) is 10.9. The summed E-state index contributed by atoms with van der Waals surface area (Å²) in [5.74, 6) is -0.326. The van der Waals surface area contributed by atoms with Gasteiger partial charge in [-0.2, -0.15) is 0 Å². The van der Waals surface area contributed by atoms with Gasteiger partial charge >= 0.3 is 5.97 Å². The number of hydrogen-bond acceptors (Lipinski definition) is 4. The number of ether oxygens (including phenoxy) is 1. The second-order valence-electron chi connectivity index (χ2n) is 4.30. The molecule has 98 valence electrons. The van der Waals surface area contributed by atoms with Crippen LogP contribution in [-0.2, 0) is 4.74 Å². The van der Waals surface area contributed by atoms with Crippen molar-refractivity contribution in [2.24, 2.45) is 0 Å². The van der Waals surface area contributed by atoms with Gasteiger partial charge in [-0.15, -0.1) is 10.2 Å². The Labute approximate surface area is 111 Å². The van der Waals surface area contributed by atoms with E-state index in [0.29, 0.717) is 12.2 Å². The zero-order chi connectivity index (χ0) is 13.7. The van der Waals surface area contributed by atoms with Gasteiger partial charge in [0.25, 0.3) is 0 Å². The van der Waals surface area contributed by atoms with E-state index in [9.17, 15) is 4.79 Å². The van der Waals surface area contributed by atoms with Crippen molar-refractivity contribution in [1.29, 1.82) is 0 Å². The second-order valence-corrected chi connectivity index (χ2v) is 4.30. The lowest BCUT2D eigenvalue weighted by Gasteiger charge is -2.04. The maximum atomic E-state index is 11.7. The second kappa shape index (κ2) is 5.95. The molecule has 19 heavy (non-hydrogen) atoms. The first kappa shape index (κ1) is 13.0. The van der Waals surface area contributed by atoms with Gasteiger partial charge in [0.2, 0.25) is 0 Å². The summed E-state index contributed by atoms with van der Waals surface area (Å²) < 4.78 is 6.88. The van der Waals surface area contributed by atoms with Crippen molar-refractivity contribution in [3.05, 3.63) is 54.1 Å². The third-order valence-electron chi connectivity index (χ3n) is 2.53. The molecule has 0 aliphatic rings. The standard InChI is InChI=1S/C14H15N3O2/c1-11(2)7-8-19-14(18)12-3-5-13(6-4-12)17-9-15-16-10-17/h3-7,9-10H,8H2,1-2H3. The topological polar surface area (TPSA) is 57.0 Å². The minimum absolute atomic E-state index is 0.300. The van der Waals surface area contributed by atoms with Gasteiger partial charge in [0.05, 0.1) is 5.56 Å². The molecule has 0 fully saturated rings. The predicted octanol–water partition coefficient (Wildman–Crippen LogP) is 2.39. The van der Waals surface area contributed by atoms with E-state index in [2.05, 4.69) is 10.2 Å². The van der Waals surface area contributed by atoms with Gasteiger partial charge in [0, 0.05) is 5.69 Å². The number of nitrogens with zero attached hydrogens (tertiary/aromatic N) is 3. The van der Waals surface area contributed by atoms with Crippen LogP contribution in [0.4, 0.5) is 0 Å². The van der Waals surface area contributed by atoms with E-state index < -0.39 is 0 Å². The molecular formula is C14H15N3O2. The van der Waals surface area contributed by atoms with Gasteiger partial charge in [0.15, 0.2) is 0 Å². The first-order chi connectivity index (χ1) is 9.16. The van der Waals surface area contributed by atoms with Crippen LogP contribution in [0, 0.1) is 0 Å². The summed E-state index contributed by atoms with van der Waals surface area (Å²) in [6, 6.07) is 7.09. The molecule has 1 aromatic carbocycles. The van der Waals surface area contributed by atoms with Crippen molar-refractivity contribution in [2.75, 3.05) is 6.61 Å². The molecular weight excluding hydrogens is 242 g/mol. The molecule has 2 aromatic rings. The average Bonchev–Trinajstić information content (AvgIpc) is 2.92. The van der Waals surface area contributed by atoms with Crippen LogP contribution >= 0.6 is 0 Å². The lowest BCUT2D eigenvalue weighted by Crippen LogP contribution is -2.05. The van der Waals surface area contributed by atoms with Crippen molar-refractivity contribution in [1.82, 2.24) is 14.8 Å². The number of rotatable bonds is 4. The van der Waals surface area contributed by atoms with Crippen molar-refractivity contribution >= 4 is 5.97 Å². The highest BCUT2D eigenvalue weighted by Crippen LogP contribution is 2.09. The molecule has 5 nitrogen and oxygen atoms in total. The Morgan fingerprint density at radius 1 is 1.21 bits per heavy atom. The first-order valence-corrected chi connectivity index (χ1v) is 5.92. The highest BCUT2D eigenvalue weighted by atomic mass is 16.5. The lowest BCUT2D eigenvalue weighted by molar-refractivity contribution is 0.0549. The van der Waals surface area contributed by atoms with Crippen molar-refractivity contribution in [2.45, 2.75) is 13.8 Å². The van der Waals surface area contributed by atoms with Crippen LogP contribution < -0.4 is 0 Å². The minimum atomic E-state index is -0.326. The SMILES string of the molecule is CC(C)=CCOC(=O)c1ccc(-n2cnnc2)cc1. The number of carbonyl (C=O) groups is 1. The van der Waals surface area contributed by atoms with Gasteiger partial charge in [-0.3, -0.25) is 4.57 Å². The number of benzene rings is 1. The Morgan fingerprint density at radius 3 is 2.42 bits per heavy atom. The van der Waals surface area contributed by atoms with Crippen LogP contribution in [0.1, 0.15) is 24.2 Å². The molecule has 0 amide bonds. The Hall–Kier alpha value is -2.43. The summed E-state index contributed by atoms with van der Waals surface area (Å²) in [6.45, 7) is 4.22. The lowest BCUT2D eigenvalue weighted by atomic mass is 10.2. The van der Waals surface area contributed by atoms with Gasteiger partial charge in [-0.05, 0) is 44.2 Å². The average molecular weight is 257 g/mol. The quantitative estimate of drug-likeness (QED) is 0.623. The predicted molar refractivity (Wildman–Crippen MR) is 71.1 cm³/mol. The third kappa shape index (κ3) is 3.51. The molecule has 0 aliphatic heterocycles. The number of allylic oxidation sites excluding steroid dienone is 1. The van der Waals surface area contributed by atoms with Crippen LogP contribution in [0.2, 0.25) is 0 Å². The van der Waals surface area contributed by atoms with Gasteiger partial charge in [-0.1, -0.05) is 5.57 Å². The number of carbonyl (C=O) groups excluding carboxylic acids is 1. The van der Waals surface area contributed by atoms with Crippen LogP contribution in [0.15, 0.2) is 48.6 Å². The molecule has 2 rings (SSSR count). The molecule has 0 saturated heterocycles. The van der Waals surface area contributed by atoms with E-state index in [1.807, 2.05) is 32.1 Å². The van der Waals surface area contributed by atoms with Crippen molar-refractivity contribution in [3.63, 3.8) is 0 Å². The van der Waals surface area contributed by atoms with Crippen LogP contribution in [-0.4, -0.2) is 27.3 Å². The number of hydrogen-bond donors (Lipinski definition) is 0. The normalized spacial score (nSPS) is 10.0. The van der Waals surface area contributed by atoms with E-state index in [4.69, 9.17) is 4.74 Å². The van der Waals surface area contributed by atoms with E-state index in [1.165, 1.54) is 0 Å². The van der Waals surface area contributed by atoms with E-state index in [1.54, 1.807) is 29.4 Å². The van der Waals surface area contributed by atoms with Gasteiger partial charge in [-0.25, -0.2) is 4.79 Å². The molecule has 0 atom stereocenters. The highest BCUT2D eigenvalue weighted by Gasteiger charge is 2.06. The summed E-state index contributed by atoms with van der Waals surface area (Å²) >= 11 is 0. The monoisotopic (exact) mass is 257 g/mol. The molecule has 0 spiro atoms. The number of esters is 1.